The fraction of sp³-hybridized carbons (Fsp3) is 0.300. The second-order valence-electron chi connectivity index (χ2n) is 3.66. The number of nitrogens with two attached hydrogens (primary N) is 1. The van der Waals surface area contributed by atoms with E-state index in [9.17, 15) is 13.2 Å². The van der Waals surface area contributed by atoms with Gasteiger partial charge >= 0.3 is 0 Å². The van der Waals surface area contributed by atoms with Gasteiger partial charge in [0.1, 0.15) is 12.3 Å². The molecule has 1 amide bonds. The number of ether oxygens (including phenoxy) is 1. The molecule has 0 radical (unpaired) electrons. The van der Waals surface area contributed by atoms with Crippen molar-refractivity contribution in [2.75, 3.05) is 24.2 Å². The highest BCUT2D eigenvalue weighted by molar-refractivity contribution is 7.92. The van der Waals surface area contributed by atoms with Gasteiger partial charge in [-0.3, -0.25) is 14.5 Å². The standard InChI is InChI=1S/C10H14ClN3O4S/c1-18-9-4-3-7(5-8(9)11)14(19(2,16)17)6-10(15)13-12/h3-5H,6,12H2,1-2H3,(H,13,15). The van der Waals surface area contributed by atoms with Crippen LogP contribution in [-0.4, -0.2) is 34.2 Å². The van der Waals surface area contributed by atoms with Crippen LogP contribution in [0.1, 0.15) is 0 Å². The van der Waals surface area contributed by atoms with Crippen molar-refractivity contribution >= 4 is 33.2 Å². The first-order valence-corrected chi connectivity index (χ1v) is 7.33. The molecule has 7 nitrogen and oxygen atoms in total. The van der Waals surface area contributed by atoms with Crippen molar-refractivity contribution < 1.29 is 17.9 Å². The Bertz CT molecular complexity index is 576. The molecule has 0 aromatic heterocycles. The van der Waals surface area contributed by atoms with Crippen LogP contribution in [0.15, 0.2) is 18.2 Å². The summed E-state index contributed by atoms with van der Waals surface area (Å²) >= 11 is 5.92. The third-order valence-electron chi connectivity index (χ3n) is 2.27. The summed E-state index contributed by atoms with van der Waals surface area (Å²) < 4.78 is 29.2. The van der Waals surface area contributed by atoms with Crippen molar-refractivity contribution in [2.45, 2.75) is 0 Å². The first-order valence-electron chi connectivity index (χ1n) is 5.10. The molecule has 0 spiro atoms. The monoisotopic (exact) mass is 307 g/mol. The lowest BCUT2D eigenvalue weighted by Gasteiger charge is -2.21. The molecule has 0 aliphatic rings. The van der Waals surface area contributed by atoms with Crippen molar-refractivity contribution in [2.24, 2.45) is 5.84 Å². The molecule has 0 unspecified atom stereocenters. The van der Waals surface area contributed by atoms with E-state index in [4.69, 9.17) is 22.2 Å². The number of sulfonamides is 1. The molecule has 0 heterocycles. The maximum absolute atomic E-state index is 11.7. The fourth-order valence-electron chi connectivity index (χ4n) is 1.39. The van der Waals surface area contributed by atoms with E-state index in [1.807, 2.05) is 5.43 Å². The molecule has 0 fully saturated rings. The van der Waals surface area contributed by atoms with Gasteiger partial charge < -0.3 is 4.74 Å². The van der Waals surface area contributed by atoms with E-state index in [0.717, 1.165) is 10.6 Å². The Morgan fingerprint density at radius 2 is 2.16 bits per heavy atom. The minimum atomic E-state index is -3.64. The lowest BCUT2D eigenvalue weighted by molar-refractivity contribution is -0.119. The highest BCUT2D eigenvalue weighted by Crippen LogP contribution is 2.29. The van der Waals surface area contributed by atoms with Gasteiger partial charge in [-0.25, -0.2) is 14.3 Å². The van der Waals surface area contributed by atoms with Gasteiger partial charge in [0.05, 0.1) is 24.1 Å². The molecule has 1 rings (SSSR count). The van der Waals surface area contributed by atoms with Crippen LogP contribution in [0, 0.1) is 0 Å². The Labute approximate surface area is 116 Å². The zero-order valence-corrected chi connectivity index (χ0v) is 12.0. The number of methoxy groups -OCH3 is 1. The summed E-state index contributed by atoms with van der Waals surface area (Å²) in [7, 11) is -2.20. The number of benzene rings is 1. The lowest BCUT2D eigenvalue weighted by Crippen LogP contribution is -2.42. The SMILES string of the molecule is COc1ccc(N(CC(=O)NN)S(C)(=O)=O)cc1Cl. The first kappa shape index (κ1) is 15.5. The highest BCUT2D eigenvalue weighted by Gasteiger charge is 2.21. The topological polar surface area (TPSA) is 102 Å². The number of nitrogens with one attached hydrogen (secondary N) is 1. The van der Waals surface area contributed by atoms with Crippen LogP contribution in [0.5, 0.6) is 5.75 Å². The molecular formula is C10H14ClN3O4S. The second-order valence-corrected chi connectivity index (χ2v) is 5.97. The number of rotatable bonds is 5. The molecule has 9 heteroatoms. The van der Waals surface area contributed by atoms with Gasteiger partial charge in [0.2, 0.25) is 10.0 Å². The normalized spacial score (nSPS) is 10.9. The first-order chi connectivity index (χ1) is 8.79. The number of anilines is 1. The van der Waals surface area contributed by atoms with E-state index in [0.29, 0.717) is 5.75 Å². The number of carbonyl (C=O) groups is 1. The van der Waals surface area contributed by atoms with Crippen LogP contribution in [0.3, 0.4) is 0 Å². The van der Waals surface area contributed by atoms with Crippen LogP contribution in [0.25, 0.3) is 0 Å². The van der Waals surface area contributed by atoms with Gasteiger partial charge in [0.25, 0.3) is 5.91 Å². The van der Waals surface area contributed by atoms with E-state index >= 15 is 0 Å². The molecule has 1 aromatic rings. The minimum Gasteiger partial charge on any atom is -0.495 e. The van der Waals surface area contributed by atoms with E-state index in [-0.39, 0.29) is 10.7 Å². The number of halogens is 1. The summed E-state index contributed by atoms with van der Waals surface area (Å²) in [5.41, 5.74) is 2.12. The molecule has 0 saturated heterocycles. The number of nitrogens with zero attached hydrogens (tertiary/aromatic N) is 1. The molecule has 0 atom stereocenters. The van der Waals surface area contributed by atoms with Crippen molar-refractivity contribution in [1.29, 1.82) is 0 Å². The summed E-state index contributed by atoms with van der Waals surface area (Å²) in [6.45, 7) is -0.433. The third-order valence-corrected chi connectivity index (χ3v) is 3.71. The van der Waals surface area contributed by atoms with Gasteiger partial charge in [-0.2, -0.15) is 0 Å². The molecule has 0 aliphatic heterocycles. The van der Waals surface area contributed by atoms with Gasteiger partial charge in [-0.1, -0.05) is 11.6 Å². The quantitative estimate of drug-likeness (QED) is 0.456. The largest absolute Gasteiger partial charge is 0.495 e. The van der Waals surface area contributed by atoms with Gasteiger partial charge in [0.15, 0.2) is 0 Å². The summed E-state index contributed by atoms with van der Waals surface area (Å²) in [5, 5.41) is 0.238. The maximum Gasteiger partial charge on any atom is 0.254 e. The van der Waals surface area contributed by atoms with Crippen molar-refractivity contribution in [3.05, 3.63) is 23.2 Å². The Balaban J connectivity index is 3.19. The molecule has 106 valence electrons. The fourth-order valence-corrected chi connectivity index (χ4v) is 2.49. The average molecular weight is 308 g/mol. The lowest BCUT2D eigenvalue weighted by atomic mass is 10.3. The van der Waals surface area contributed by atoms with Gasteiger partial charge in [-0.05, 0) is 18.2 Å². The van der Waals surface area contributed by atoms with Crippen LogP contribution < -0.4 is 20.3 Å². The Hall–Kier alpha value is -1.51. The molecule has 3 N–H and O–H groups in total. The van der Waals surface area contributed by atoms with Crippen molar-refractivity contribution in [3.63, 3.8) is 0 Å². The number of hydrazine groups is 1. The van der Waals surface area contributed by atoms with E-state index in [1.54, 1.807) is 0 Å². The predicted molar refractivity (Wildman–Crippen MR) is 72.5 cm³/mol. The van der Waals surface area contributed by atoms with Crippen molar-refractivity contribution in [1.82, 2.24) is 5.43 Å². The Morgan fingerprint density at radius 1 is 1.53 bits per heavy atom. The molecule has 0 aliphatic carbocycles. The number of amides is 1. The number of carbonyl (C=O) groups excluding carboxylic acids is 1. The van der Waals surface area contributed by atoms with Crippen LogP contribution in [0.4, 0.5) is 5.69 Å². The van der Waals surface area contributed by atoms with Crippen LogP contribution in [0.2, 0.25) is 5.02 Å². The molecular weight excluding hydrogens is 294 g/mol. The summed E-state index contributed by atoms with van der Waals surface area (Å²) in [6.07, 6.45) is 0.981. The van der Waals surface area contributed by atoms with Crippen LogP contribution in [-0.2, 0) is 14.8 Å². The van der Waals surface area contributed by atoms with Gasteiger partial charge in [0, 0.05) is 0 Å². The Morgan fingerprint density at radius 3 is 2.58 bits per heavy atom. The molecule has 1 aromatic carbocycles. The molecule has 0 saturated carbocycles. The number of hydrogen-bond acceptors (Lipinski definition) is 5. The van der Waals surface area contributed by atoms with Crippen LogP contribution >= 0.6 is 11.6 Å². The highest BCUT2D eigenvalue weighted by atomic mass is 35.5. The van der Waals surface area contributed by atoms with Gasteiger partial charge in [-0.15, -0.1) is 0 Å². The van der Waals surface area contributed by atoms with E-state index in [1.165, 1.54) is 25.3 Å². The third kappa shape index (κ3) is 3.98. The van der Waals surface area contributed by atoms with E-state index in [2.05, 4.69) is 0 Å². The van der Waals surface area contributed by atoms with Crippen molar-refractivity contribution in [3.8, 4) is 5.75 Å². The smallest absolute Gasteiger partial charge is 0.254 e. The molecule has 19 heavy (non-hydrogen) atoms. The zero-order chi connectivity index (χ0) is 14.6. The second kappa shape index (κ2) is 6.09. The minimum absolute atomic E-state index is 0.238. The number of hydrogen-bond donors (Lipinski definition) is 2. The maximum atomic E-state index is 11.7. The molecule has 0 bridgehead atoms. The summed E-state index contributed by atoms with van der Waals surface area (Å²) in [6, 6.07) is 4.39. The van der Waals surface area contributed by atoms with E-state index < -0.39 is 22.5 Å². The zero-order valence-electron chi connectivity index (χ0n) is 10.4. The predicted octanol–water partition coefficient (Wildman–Crippen LogP) is 0.104. The average Bonchev–Trinajstić information content (AvgIpc) is 2.34. The summed E-state index contributed by atoms with van der Waals surface area (Å²) in [5.74, 6) is 4.71. The summed E-state index contributed by atoms with van der Waals surface area (Å²) in [4.78, 5) is 11.3. The Kier molecular flexibility index (Phi) is 4.98.